The van der Waals surface area contributed by atoms with Crippen molar-refractivity contribution in [3.05, 3.63) is 78.0 Å². The number of fused-ring (bicyclic) bond motifs is 1. The molecule has 0 amide bonds. The zero-order valence-corrected chi connectivity index (χ0v) is 18.2. The van der Waals surface area contributed by atoms with E-state index in [4.69, 9.17) is 4.74 Å². The highest BCUT2D eigenvalue weighted by Gasteiger charge is 2.64. The number of aliphatic hydroxyl groups excluding tert-OH is 1. The lowest BCUT2D eigenvalue weighted by Crippen LogP contribution is -2.64. The Labute approximate surface area is 187 Å². The maximum atomic E-state index is 10.4. The summed E-state index contributed by atoms with van der Waals surface area (Å²) in [6.45, 7) is 1.01. The molecule has 3 heterocycles. The van der Waals surface area contributed by atoms with Crippen molar-refractivity contribution in [2.75, 3.05) is 13.6 Å². The van der Waals surface area contributed by atoms with Gasteiger partial charge in [-0.25, -0.2) is 0 Å². The van der Waals surface area contributed by atoms with Crippen molar-refractivity contribution >= 4 is 10.9 Å². The molecule has 2 aliphatic heterocycles. The standard InChI is InChI=1S/C17H19NO3.C9H7N.H3N/c1-18-7-6-17-10-3-5-13(20)16(17)21-15-12(19)4-2-9(14(15)17)8-11(10)18;1-2-6-9-8(4-1)5-3-7-10-9;/h2-5,10-11,13,16,19-20H,6-8H2,1H3;1-7H;1H3/t10-,11+,13-,16-,17-;;/m0../s1. The molecule has 4 aliphatic rings. The lowest BCUT2D eigenvalue weighted by molar-refractivity contribution is -0.0453. The highest BCUT2D eigenvalue weighted by molar-refractivity contribution is 5.77. The van der Waals surface area contributed by atoms with Crippen LogP contribution in [0.5, 0.6) is 11.5 Å². The molecule has 6 nitrogen and oxygen atoms in total. The van der Waals surface area contributed by atoms with Crippen LogP contribution >= 0.6 is 0 Å². The maximum absolute atomic E-state index is 10.4. The SMILES string of the molecule is CN1CC[C@]23c4c5ccc(O)c4O[C@H]2[C@@H](O)C=C[C@H]3[C@H]1C5.N.c1ccc2ncccc2c1. The number of pyridine rings is 1. The minimum atomic E-state index is -0.594. The average Bonchev–Trinajstić information content (AvgIpc) is 3.16. The molecule has 0 unspecified atom stereocenters. The molecule has 2 aromatic carbocycles. The lowest BCUT2D eigenvalue weighted by atomic mass is 9.53. The number of phenols is 1. The van der Waals surface area contributed by atoms with Crippen LogP contribution in [0.4, 0.5) is 0 Å². The van der Waals surface area contributed by atoms with Crippen molar-refractivity contribution in [3.8, 4) is 11.5 Å². The number of likely N-dealkylation sites (N-methyl/N-ethyl adjacent to an activating group) is 1. The van der Waals surface area contributed by atoms with Crippen molar-refractivity contribution in [2.45, 2.75) is 36.5 Å². The summed E-state index contributed by atoms with van der Waals surface area (Å²) in [5.74, 6) is 1.19. The topological polar surface area (TPSA) is 101 Å². The maximum Gasteiger partial charge on any atom is 0.165 e. The smallest absolute Gasteiger partial charge is 0.165 e. The zero-order valence-electron chi connectivity index (χ0n) is 18.2. The molecule has 0 radical (unpaired) electrons. The van der Waals surface area contributed by atoms with Gasteiger partial charge in [-0.2, -0.15) is 0 Å². The number of hydrogen-bond acceptors (Lipinski definition) is 6. The van der Waals surface area contributed by atoms with E-state index in [1.54, 1.807) is 6.07 Å². The predicted molar refractivity (Wildman–Crippen MR) is 124 cm³/mol. The largest absolute Gasteiger partial charge is 0.504 e. The molecule has 2 bridgehead atoms. The summed E-state index contributed by atoms with van der Waals surface area (Å²) in [6.07, 6.45) is 6.99. The van der Waals surface area contributed by atoms with Crippen LogP contribution < -0.4 is 10.9 Å². The molecule has 6 heteroatoms. The van der Waals surface area contributed by atoms with Gasteiger partial charge in [-0.05, 0) is 50.2 Å². The predicted octanol–water partition coefficient (Wildman–Crippen LogP) is 3.59. The molecule has 1 aromatic heterocycles. The zero-order chi connectivity index (χ0) is 21.2. The van der Waals surface area contributed by atoms with Crippen molar-refractivity contribution in [3.63, 3.8) is 0 Å². The first-order chi connectivity index (χ1) is 15.1. The molecule has 32 heavy (non-hydrogen) atoms. The van der Waals surface area contributed by atoms with E-state index in [0.717, 1.165) is 24.9 Å². The molecule has 0 saturated carbocycles. The number of para-hydroxylation sites is 1. The Morgan fingerprint density at radius 3 is 2.75 bits per heavy atom. The molecule has 7 rings (SSSR count). The van der Waals surface area contributed by atoms with Crippen LogP contribution in [0.3, 0.4) is 0 Å². The normalized spacial score (nSPS) is 31.1. The first kappa shape index (κ1) is 20.9. The first-order valence-corrected chi connectivity index (χ1v) is 11.0. The summed E-state index contributed by atoms with van der Waals surface area (Å²) in [7, 11) is 2.19. The molecule has 166 valence electrons. The average molecular weight is 432 g/mol. The second-order valence-corrected chi connectivity index (χ2v) is 9.13. The van der Waals surface area contributed by atoms with E-state index in [1.165, 1.54) is 16.5 Å². The summed E-state index contributed by atoms with van der Waals surface area (Å²) >= 11 is 0. The molecular formula is C26H29N3O3. The van der Waals surface area contributed by atoms with E-state index in [2.05, 4.69) is 35.1 Å². The third kappa shape index (κ3) is 2.80. The van der Waals surface area contributed by atoms with Crippen LogP contribution in [0.25, 0.3) is 10.9 Å². The number of ether oxygens (including phenoxy) is 1. The van der Waals surface area contributed by atoms with Gasteiger partial charge < -0.3 is 26.0 Å². The van der Waals surface area contributed by atoms with Gasteiger partial charge in [0.1, 0.15) is 12.2 Å². The Kier molecular flexibility index (Phi) is 4.97. The van der Waals surface area contributed by atoms with Gasteiger partial charge in [0.2, 0.25) is 0 Å². The van der Waals surface area contributed by atoms with Gasteiger partial charge >= 0.3 is 0 Å². The van der Waals surface area contributed by atoms with E-state index in [-0.39, 0.29) is 23.4 Å². The molecule has 5 atom stereocenters. The molecule has 3 aromatic rings. The van der Waals surface area contributed by atoms with Crippen molar-refractivity contribution in [1.82, 2.24) is 16.0 Å². The highest BCUT2D eigenvalue weighted by atomic mass is 16.5. The van der Waals surface area contributed by atoms with E-state index >= 15 is 0 Å². The number of likely N-dealkylation sites (tertiary alicyclic amines) is 1. The fourth-order valence-corrected chi connectivity index (χ4v) is 6.25. The lowest BCUT2D eigenvalue weighted by Gasteiger charge is -2.56. The fourth-order valence-electron chi connectivity index (χ4n) is 6.25. The Balaban J connectivity index is 0.000000166. The van der Waals surface area contributed by atoms with Gasteiger partial charge in [0.25, 0.3) is 0 Å². The van der Waals surface area contributed by atoms with Gasteiger partial charge in [0, 0.05) is 34.5 Å². The van der Waals surface area contributed by atoms with Gasteiger partial charge in [-0.15, -0.1) is 0 Å². The van der Waals surface area contributed by atoms with Crippen molar-refractivity contribution in [2.24, 2.45) is 5.92 Å². The molecule has 5 N–H and O–H groups in total. The van der Waals surface area contributed by atoms with E-state index in [1.807, 2.05) is 42.6 Å². The van der Waals surface area contributed by atoms with Gasteiger partial charge in [0.15, 0.2) is 11.5 Å². The summed E-state index contributed by atoms with van der Waals surface area (Å²) < 4.78 is 6.09. The van der Waals surface area contributed by atoms with E-state index in [9.17, 15) is 10.2 Å². The van der Waals surface area contributed by atoms with E-state index < -0.39 is 6.10 Å². The minimum Gasteiger partial charge on any atom is -0.504 e. The molecule has 1 saturated heterocycles. The first-order valence-electron chi connectivity index (χ1n) is 11.0. The van der Waals surface area contributed by atoms with Crippen molar-refractivity contribution in [1.29, 1.82) is 0 Å². The Morgan fingerprint density at radius 1 is 1.09 bits per heavy atom. The summed E-state index contributed by atoms with van der Waals surface area (Å²) in [4.78, 5) is 6.61. The van der Waals surface area contributed by atoms with Crippen LogP contribution in [0, 0.1) is 5.92 Å². The van der Waals surface area contributed by atoms with Crippen LogP contribution in [0.1, 0.15) is 17.5 Å². The van der Waals surface area contributed by atoms with E-state index in [0.29, 0.717) is 17.7 Å². The Hall–Kier alpha value is -2.93. The third-order valence-corrected chi connectivity index (χ3v) is 7.66. The highest BCUT2D eigenvalue weighted by Crippen LogP contribution is 2.62. The second kappa shape index (κ2) is 7.59. The van der Waals surface area contributed by atoms with Crippen LogP contribution in [-0.4, -0.2) is 51.9 Å². The molecule has 2 aliphatic carbocycles. The quantitative estimate of drug-likeness (QED) is 0.470. The van der Waals surface area contributed by atoms with Gasteiger partial charge in [-0.1, -0.05) is 42.5 Å². The number of piperidine rings is 1. The number of rotatable bonds is 0. The third-order valence-electron chi connectivity index (χ3n) is 7.66. The fraction of sp³-hybridized carbons (Fsp3) is 0.346. The van der Waals surface area contributed by atoms with Gasteiger partial charge in [-0.3, -0.25) is 4.98 Å². The number of benzene rings is 2. The number of aliphatic hydroxyl groups is 1. The van der Waals surface area contributed by atoms with Crippen LogP contribution in [-0.2, 0) is 11.8 Å². The van der Waals surface area contributed by atoms with Crippen LogP contribution in [0.15, 0.2) is 66.9 Å². The summed E-state index contributed by atoms with van der Waals surface area (Å²) in [5, 5.41) is 21.8. The number of aromatic hydroxyl groups is 1. The monoisotopic (exact) mass is 431 g/mol. The Bertz CT molecular complexity index is 1130. The number of aromatic nitrogens is 1. The molecular weight excluding hydrogens is 402 g/mol. The summed E-state index contributed by atoms with van der Waals surface area (Å²) in [6, 6.07) is 16.3. The second-order valence-electron chi connectivity index (χ2n) is 9.13. The summed E-state index contributed by atoms with van der Waals surface area (Å²) in [5.41, 5.74) is 3.35. The van der Waals surface area contributed by atoms with Crippen molar-refractivity contribution < 1.29 is 14.9 Å². The molecule has 1 fully saturated rings. The number of nitrogens with zero attached hydrogens (tertiary/aromatic N) is 2. The number of phenolic OH excluding ortho intramolecular Hbond substituents is 1. The van der Waals surface area contributed by atoms with Crippen LogP contribution in [0.2, 0.25) is 0 Å². The molecule has 1 spiro atoms. The van der Waals surface area contributed by atoms with Gasteiger partial charge in [0.05, 0.1) is 5.52 Å². The number of hydrogen-bond donors (Lipinski definition) is 3. The minimum absolute atomic E-state index is 0. The Morgan fingerprint density at radius 2 is 1.91 bits per heavy atom.